The van der Waals surface area contributed by atoms with Crippen molar-refractivity contribution in [3.05, 3.63) is 129 Å². The van der Waals surface area contributed by atoms with E-state index in [-0.39, 0.29) is 43.7 Å². The van der Waals surface area contributed by atoms with Crippen LogP contribution in [0.3, 0.4) is 0 Å². The van der Waals surface area contributed by atoms with Gasteiger partial charge in [-0.05, 0) is 49.9 Å². The highest BCUT2D eigenvalue weighted by molar-refractivity contribution is 7.34. The molecule has 6 atom stereocenters. The smallest absolute Gasteiger partial charge is 0.509 e. The van der Waals surface area contributed by atoms with Crippen molar-refractivity contribution in [2.75, 3.05) is 13.2 Å². The van der Waals surface area contributed by atoms with Gasteiger partial charge in [-0.3, -0.25) is 23.7 Å². The number of alkyl halides is 1. The summed E-state index contributed by atoms with van der Waals surface area (Å²) in [5.41, 5.74) is -2.72. The number of hydrogen-bond donors (Lipinski definition) is 1. The third-order valence-electron chi connectivity index (χ3n) is 8.51. The minimum atomic E-state index is -2.83. The van der Waals surface area contributed by atoms with E-state index in [9.17, 15) is 28.9 Å². The van der Waals surface area contributed by atoms with Gasteiger partial charge in [0.1, 0.15) is 25.9 Å². The standard InChI is InChI=1S/C39H41FN3O13P/c1-26(35(46)50-22-12-11-19-33(45)52-23-27-13-5-3-6-14-27)42-57(49)56-30-18-10-9-17-29(30)51-25-31-34(55-38(48)53-24-28-15-7-4-8-16-28)39(2,40)36(54-31)43-21-20-32(44)41-37(43)47/h3-10,13-18,20-21,26,31,34,36H,11-12,19,22-25H2,1-2H3,(H,41,44,47)/t26-,31+,34+,36+,39+/m0/s1. The zero-order chi connectivity index (χ0) is 40.8. The van der Waals surface area contributed by atoms with E-state index >= 15 is 4.39 Å². The number of nitrogens with zero attached hydrogens (tertiary/aromatic N) is 2. The lowest BCUT2D eigenvalue weighted by atomic mass is 9.98. The monoisotopic (exact) mass is 809 g/mol. The number of unbranched alkanes of at least 4 members (excludes halogenated alkanes) is 1. The number of halogens is 1. The number of nitrogens with one attached hydrogen (secondary N) is 1. The molecule has 2 heterocycles. The van der Waals surface area contributed by atoms with Gasteiger partial charge in [-0.2, -0.15) is 0 Å². The number of carbonyl (C=O) groups excluding carboxylic acids is 3. The van der Waals surface area contributed by atoms with Crippen molar-refractivity contribution in [3.63, 3.8) is 0 Å². The largest absolute Gasteiger partial charge is 0.575 e. The highest BCUT2D eigenvalue weighted by Gasteiger charge is 2.58. The minimum Gasteiger partial charge on any atom is -0.575 e. The lowest BCUT2D eigenvalue weighted by molar-refractivity contribution is -0.169. The van der Waals surface area contributed by atoms with Gasteiger partial charge >= 0.3 is 32.0 Å². The zero-order valence-electron chi connectivity index (χ0n) is 31.0. The molecule has 1 aliphatic heterocycles. The van der Waals surface area contributed by atoms with Crippen molar-refractivity contribution in [1.82, 2.24) is 9.55 Å². The Morgan fingerprint density at radius 3 is 2.21 bits per heavy atom. The van der Waals surface area contributed by atoms with Crippen LogP contribution in [0.2, 0.25) is 0 Å². The van der Waals surface area contributed by atoms with E-state index in [1.54, 1.807) is 42.5 Å². The molecule has 5 rings (SSSR count). The van der Waals surface area contributed by atoms with Gasteiger partial charge in [0.25, 0.3) is 5.56 Å². The summed E-state index contributed by atoms with van der Waals surface area (Å²) in [5.74, 6) is -1.18. The first kappa shape index (κ1) is 42.2. The Labute approximate surface area is 327 Å². The Balaban J connectivity index is 1.16. The average Bonchev–Trinajstić information content (AvgIpc) is 3.44. The van der Waals surface area contributed by atoms with Crippen LogP contribution in [0, 0.1) is 0 Å². The van der Waals surface area contributed by atoms with Crippen LogP contribution in [0.4, 0.5) is 9.18 Å². The molecule has 18 heteroatoms. The molecule has 16 nitrogen and oxygen atoms in total. The van der Waals surface area contributed by atoms with Crippen LogP contribution in [-0.2, 0) is 46.5 Å². The molecule has 1 saturated heterocycles. The molecule has 57 heavy (non-hydrogen) atoms. The Morgan fingerprint density at radius 2 is 1.54 bits per heavy atom. The van der Waals surface area contributed by atoms with Crippen LogP contribution in [-0.4, -0.2) is 64.8 Å². The van der Waals surface area contributed by atoms with Gasteiger partial charge < -0.3 is 33.3 Å². The second kappa shape index (κ2) is 20.3. The van der Waals surface area contributed by atoms with E-state index < -0.39 is 68.3 Å². The maximum Gasteiger partial charge on any atom is 0.509 e. The summed E-state index contributed by atoms with van der Waals surface area (Å²) in [4.78, 5) is 76.5. The molecular formula is C39H41FN3O13P. The van der Waals surface area contributed by atoms with E-state index in [4.69, 9.17) is 32.9 Å². The molecule has 1 N–H and O–H groups in total. The predicted molar refractivity (Wildman–Crippen MR) is 199 cm³/mol. The number of ether oxygens (including phenoxy) is 6. The molecular weight excluding hydrogens is 768 g/mol. The summed E-state index contributed by atoms with van der Waals surface area (Å²) >= 11 is 0. The lowest BCUT2D eigenvalue weighted by Gasteiger charge is -2.27. The van der Waals surface area contributed by atoms with Crippen molar-refractivity contribution in [2.24, 2.45) is 4.74 Å². The normalized spacial score (nSPS) is 19.6. The van der Waals surface area contributed by atoms with Crippen LogP contribution in [0.15, 0.2) is 112 Å². The molecule has 1 fully saturated rings. The average molecular weight is 810 g/mol. The second-order valence-corrected chi connectivity index (χ2v) is 13.8. The molecule has 302 valence electrons. The van der Waals surface area contributed by atoms with Crippen molar-refractivity contribution < 1.29 is 56.6 Å². The lowest BCUT2D eigenvalue weighted by Crippen LogP contribution is -2.46. The van der Waals surface area contributed by atoms with E-state index in [1.807, 2.05) is 35.3 Å². The topological polar surface area (TPSA) is 206 Å². The third-order valence-corrected chi connectivity index (χ3v) is 9.39. The summed E-state index contributed by atoms with van der Waals surface area (Å²) in [5, 5.41) is 0. The molecule has 0 saturated carbocycles. The van der Waals surface area contributed by atoms with Gasteiger partial charge in [0.2, 0.25) is 5.75 Å². The summed E-state index contributed by atoms with van der Waals surface area (Å²) in [6.07, 6.45) is -3.93. The fourth-order valence-corrected chi connectivity index (χ4v) is 6.33. The molecule has 0 spiro atoms. The maximum atomic E-state index is 16.6. The van der Waals surface area contributed by atoms with Gasteiger partial charge in [0.05, 0.1) is 6.61 Å². The molecule has 3 aromatic carbocycles. The summed E-state index contributed by atoms with van der Waals surface area (Å²) in [7, 11) is -2.83. The molecule has 1 unspecified atom stereocenters. The van der Waals surface area contributed by atoms with E-state index in [0.29, 0.717) is 18.4 Å². The van der Waals surface area contributed by atoms with E-state index in [1.165, 1.54) is 19.1 Å². The summed E-state index contributed by atoms with van der Waals surface area (Å²) < 4.78 is 59.6. The van der Waals surface area contributed by atoms with Crippen LogP contribution >= 0.6 is 8.17 Å². The fourth-order valence-electron chi connectivity index (χ4n) is 5.58. The number of rotatable bonds is 18. The van der Waals surface area contributed by atoms with Gasteiger partial charge in [-0.15, -0.1) is 0 Å². The van der Waals surface area contributed by atoms with Crippen molar-refractivity contribution in [3.8, 4) is 11.5 Å². The highest BCUT2D eigenvalue weighted by Crippen LogP contribution is 2.43. The van der Waals surface area contributed by atoms with Gasteiger partial charge in [-0.1, -0.05) is 77.5 Å². The highest BCUT2D eigenvalue weighted by atomic mass is 31.1. The molecule has 1 aromatic heterocycles. The maximum absolute atomic E-state index is 16.6. The van der Waals surface area contributed by atoms with Crippen LogP contribution in [0.1, 0.15) is 50.5 Å². The Morgan fingerprint density at radius 1 is 0.912 bits per heavy atom. The Bertz CT molecular complexity index is 2110. The summed E-state index contributed by atoms with van der Waals surface area (Å²) in [6.45, 7) is 1.97. The first-order valence-electron chi connectivity index (χ1n) is 17.9. The zero-order valence-corrected chi connectivity index (χ0v) is 31.9. The number of benzene rings is 3. The van der Waals surface area contributed by atoms with Gasteiger partial charge in [-0.25, -0.2) is 18.8 Å². The Kier molecular flexibility index (Phi) is 15.1. The SMILES string of the molecule is C[C@H](N=[P+]([O-])Oc1ccccc1OC[C@H]1O[C@@H](n2ccc(=O)[nH]c2=O)[C@](C)(F)[C@@H]1OC(=O)OCc1ccccc1)C(=O)OCCCCC(=O)OCc1ccccc1. The van der Waals surface area contributed by atoms with E-state index in [2.05, 4.69) is 4.74 Å². The molecule has 0 bridgehead atoms. The Hall–Kier alpha value is -5.90. The summed E-state index contributed by atoms with van der Waals surface area (Å²) in [6, 6.07) is 23.8. The van der Waals surface area contributed by atoms with Crippen LogP contribution in [0.25, 0.3) is 0 Å². The predicted octanol–water partition coefficient (Wildman–Crippen LogP) is 5.04. The molecule has 4 aromatic rings. The van der Waals surface area contributed by atoms with E-state index in [0.717, 1.165) is 29.3 Å². The van der Waals surface area contributed by atoms with Gasteiger partial charge in [0, 0.05) is 18.7 Å². The first-order valence-corrected chi connectivity index (χ1v) is 19.0. The van der Waals surface area contributed by atoms with Crippen molar-refractivity contribution in [1.29, 1.82) is 0 Å². The number of esters is 2. The molecule has 1 aliphatic rings. The van der Waals surface area contributed by atoms with Crippen LogP contribution < -0.4 is 25.4 Å². The number of hydrogen-bond acceptors (Lipinski definition) is 14. The number of para-hydroxylation sites is 2. The second-order valence-electron chi connectivity index (χ2n) is 12.9. The number of carbonyl (C=O) groups is 3. The van der Waals surface area contributed by atoms with Crippen molar-refractivity contribution >= 4 is 26.3 Å². The minimum absolute atomic E-state index is 0.00722. The quantitative estimate of drug-likeness (QED) is 0.0606. The number of aromatic amines is 1. The van der Waals surface area contributed by atoms with Crippen molar-refractivity contribution in [2.45, 2.75) is 76.5 Å². The first-order chi connectivity index (χ1) is 27.4. The molecule has 0 radical (unpaired) electrons. The molecule has 0 amide bonds. The number of H-pyrrole nitrogens is 1. The molecule has 0 aliphatic carbocycles. The van der Waals surface area contributed by atoms with Gasteiger partial charge in [0.15, 0.2) is 29.8 Å². The third kappa shape index (κ3) is 12.3. The fraction of sp³-hybridized carbons (Fsp3) is 0.359. The number of aromatic nitrogens is 2. The van der Waals surface area contributed by atoms with Crippen LogP contribution in [0.5, 0.6) is 11.5 Å².